The lowest BCUT2D eigenvalue weighted by Gasteiger charge is -2.32. The topological polar surface area (TPSA) is 61.4 Å². The van der Waals surface area contributed by atoms with E-state index in [1.54, 1.807) is 4.90 Å². The Labute approximate surface area is 133 Å². The summed E-state index contributed by atoms with van der Waals surface area (Å²) in [5.41, 5.74) is 0. The average molecular weight is 318 g/mol. The third kappa shape index (κ3) is 4.58. The standard InChI is InChI=1S/C15H27N3O2.ClH/c1-3-5-14(19)18-9-4-6-13(18)15(20)17-12-7-8-16-10-11(12)2;/h11-13,16H,3-10H2,1-2H3,(H,17,20);1H. The van der Waals surface area contributed by atoms with E-state index in [1.165, 1.54) is 0 Å². The van der Waals surface area contributed by atoms with Crippen molar-refractivity contribution >= 4 is 24.2 Å². The molecular weight excluding hydrogens is 290 g/mol. The summed E-state index contributed by atoms with van der Waals surface area (Å²) in [5.74, 6) is 0.628. The second-order valence-electron chi connectivity index (χ2n) is 6.08. The van der Waals surface area contributed by atoms with Crippen LogP contribution in [0.2, 0.25) is 0 Å². The number of halogens is 1. The third-order valence-electron chi connectivity index (χ3n) is 4.45. The van der Waals surface area contributed by atoms with Gasteiger partial charge in [0.25, 0.3) is 0 Å². The number of nitrogens with zero attached hydrogens (tertiary/aromatic N) is 1. The predicted octanol–water partition coefficient (Wildman–Crippen LogP) is 1.31. The summed E-state index contributed by atoms with van der Waals surface area (Å²) in [6.07, 6.45) is 4.11. The maximum Gasteiger partial charge on any atom is 0.243 e. The molecule has 2 aliphatic heterocycles. The molecule has 5 nitrogen and oxygen atoms in total. The van der Waals surface area contributed by atoms with Crippen molar-refractivity contribution < 1.29 is 9.59 Å². The van der Waals surface area contributed by atoms with Gasteiger partial charge < -0.3 is 15.5 Å². The highest BCUT2D eigenvalue weighted by Gasteiger charge is 2.35. The quantitative estimate of drug-likeness (QED) is 0.822. The first-order valence-corrected chi connectivity index (χ1v) is 7.94. The number of nitrogens with one attached hydrogen (secondary N) is 2. The van der Waals surface area contributed by atoms with Crippen LogP contribution in [-0.4, -0.2) is 48.4 Å². The number of amides is 2. The van der Waals surface area contributed by atoms with Crippen molar-refractivity contribution in [2.75, 3.05) is 19.6 Å². The Kier molecular flexibility index (Phi) is 7.46. The first-order valence-electron chi connectivity index (χ1n) is 7.94. The van der Waals surface area contributed by atoms with Gasteiger partial charge in [-0.3, -0.25) is 9.59 Å². The van der Waals surface area contributed by atoms with Crippen LogP contribution in [0.1, 0.15) is 46.0 Å². The Balaban J connectivity index is 0.00000220. The SMILES string of the molecule is CCCC(=O)N1CCCC1C(=O)NC1CCNCC1C.Cl. The number of piperidine rings is 1. The summed E-state index contributed by atoms with van der Waals surface area (Å²) in [6, 6.07) is 0.00335. The van der Waals surface area contributed by atoms with Crippen LogP contribution in [0.25, 0.3) is 0 Å². The summed E-state index contributed by atoms with van der Waals surface area (Å²) >= 11 is 0. The molecule has 2 amide bonds. The van der Waals surface area contributed by atoms with E-state index in [4.69, 9.17) is 0 Å². The van der Waals surface area contributed by atoms with Crippen molar-refractivity contribution in [1.29, 1.82) is 0 Å². The molecule has 0 bridgehead atoms. The first kappa shape index (κ1) is 18.2. The molecule has 2 aliphatic rings. The Bertz CT molecular complexity index is 365. The monoisotopic (exact) mass is 317 g/mol. The van der Waals surface area contributed by atoms with Crippen LogP contribution < -0.4 is 10.6 Å². The Morgan fingerprint density at radius 1 is 1.33 bits per heavy atom. The highest BCUT2D eigenvalue weighted by atomic mass is 35.5. The number of hydrogen-bond donors (Lipinski definition) is 2. The normalized spacial score (nSPS) is 28.9. The summed E-state index contributed by atoms with van der Waals surface area (Å²) in [5, 5.41) is 6.50. The van der Waals surface area contributed by atoms with Crippen molar-refractivity contribution in [3.63, 3.8) is 0 Å². The van der Waals surface area contributed by atoms with Crippen molar-refractivity contribution in [3.8, 4) is 0 Å². The van der Waals surface area contributed by atoms with E-state index in [2.05, 4.69) is 17.6 Å². The lowest BCUT2D eigenvalue weighted by atomic mass is 9.95. The van der Waals surface area contributed by atoms with Gasteiger partial charge in [0.05, 0.1) is 0 Å². The van der Waals surface area contributed by atoms with E-state index in [9.17, 15) is 9.59 Å². The molecule has 122 valence electrons. The van der Waals surface area contributed by atoms with E-state index in [0.717, 1.165) is 45.3 Å². The van der Waals surface area contributed by atoms with Crippen LogP contribution in [0.5, 0.6) is 0 Å². The molecule has 0 spiro atoms. The highest BCUT2D eigenvalue weighted by molar-refractivity contribution is 5.88. The van der Waals surface area contributed by atoms with Crippen LogP contribution in [0.4, 0.5) is 0 Å². The van der Waals surface area contributed by atoms with Gasteiger partial charge >= 0.3 is 0 Å². The van der Waals surface area contributed by atoms with Crippen LogP contribution in [0.3, 0.4) is 0 Å². The average Bonchev–Trinajstić information content (AvgIpc) is 2.91. The molecule has 2 fully saturated rings. The van der Waals surface area contributed by atoms with Crippen LogP contribution in [0.15, 0.2) is 0 Å². The first-order chi connectivity index (χ1) is 9.63. The molecule has 3 atom stereocenters. The van der Waals surface area contributed by atoms with Gasteiger partial charge in [-0.2, -0.15) is 0 Å². The fourth-order valence-corrected chi connectivity index (χ4v) is 3.20. The van der Waals surface area contributed by atoms with Gasteiger partial charge in [-0.25, -0.2) is 0 Å². The van der Waals surface area contributed by atoms with Crippen molar-refractivity contribution in [2.24, 2.45) is 5.92 Å². The minimum absolute atomic E-state index is 0. The zero-order chi connectivity index (χ0) is 14.5. The maximum absolute atomic E-state index is 12.5. The number of carbonyl (C=O) groups excluding carboxylic acids is 2. The molecule has 0 aliphatic carbocycles. The summed E-state index contributed by atoms with van der Waals surface area (Å²) < 4.78 is 0. The smallest absolute Gasteiger partial charge is 0.243 e. The molecule has 2 heterocycles. The van der Waals surface area contributed by atoms with Crippen molar-refractivity contribution in [3.05, 3.63) is 0 Å². The van der Waals surface area contributed by atoms with Gasteiger partial charge in [0.15, 0.2) is 0 Å². The lowest BCUT2D eigenvalue weighted by molar-refractivity contribution is -0.139. The Hall–Kier alpha value is -0.810. The third-order valence-corrected chi connectivity index (χ3v) is 4.45. The second kappa shape index (κ2) is 8.59. The molecular formula is C15H28ClN3O2. The van der Waals surface area contributed by atoms with E-state index in [0.29, 0.717) is 12.3 Å². The lowest BCUT2D eigenvalue weighted by Crippen LogP contribution is -2.53. The minimum atomic E-state index is -0.240. The van der Waals surface area contributed by atoms with Gasteiger partial charge in [0, 0.05) is 19.0 Å². The van der Waals surface area contributed by atoms with Gasteiger partial charge in [0.2, 0.25) is 11.8 Å². The molecule has 2 N–H and O–H groups in total. The largest absolute Gasteiger partial charge is 0.351 e. The number of likely N-dealkylation sites (tertiary alicyclic amines) is 1. The van der Waals surface area contributed by atoms with Crippen molar-refractivity contribution in [2.45, 2.75) is 58.0 Å². The van der Waals surface area contributed by atoms with E-state index in [-0.39, 0.29) is 36.3 Å². The van der Waals surface area contributed by atoms with Gasteiger partial charge in [-0.05, 0) is 44.7 Å². The predicted molar refractivity (Wildman–Crippen MR) is 85.5 cm³/mol. The molecule has 0 aromatic rings. The zero-order valence-corrected chi connectivity index (χ0v) is 13.9. The molecule has 0 aromatic carbocycles. The Morgan fingerprint density at radius 2 is 2.10 bits per heavy atom. The summed E-state index contributed by atoms with van der Waals surface area (Å²) in [6.45, 7) is 6.80. The van der Waals surface area contributed by atoms with Crippen molar-refractivity contribution in [1.82, 2.24) is 15.5 Å². The Morgan fingerprint density at radius 3 is 2.76 bits per heavy atom. The summed E-state index contributed by atoms with van der Waals surface area (Å²) in [4.78, 5) is 26.3. The zero-order valence-electron chi connectivity index (χ0n) is 13.1. The number of carbonyl (C=O) groups is 2. The molecule has 0 saturated carbocycles. The molecule has 0 aromatic heterocycles. The fraction of sp³-hybridized carbons (Fsp3) is 0.867. The molecule has 0 radical (unpaired) electrons. The van der Waals surface area contributed by atoms with E-state index >= 15 is 0 Å². The van der Waals surface area contributed by atoms with Crippen LogP contribution in [0, 0.1) is 5.92 Å². The minimum Gasteiger partial charge on any atom is -0.351 e. The molecule has 21 heavy (non-hydrogen) atoms. The molecule has 6 heteroatoms. The van der Waals surface area contributed by atoms with Crippen LogP contribution in [-0.2, 0) is 9.59 Å². The fourth-order valence-electron chi connectivity index (χ4n) is 3.20. The molecule has 2 saturated heterocycles. The number of hydrogen-bond acceptors (Lipinski definition) is 3. The van der Waals surface area contributed by atoms with Crippen LogP contribution >= 0.6 is 12.4 Å². The van der Waals surface area contributed by atoms with E-state index in [1.807, 2.05) is 6.92 Å². The summed E-state index contributed by atoms with van der Waals surface area (Å²) in [7, 11) is 0. The maximum atomic E-state index is 12.5. The molecule has 2 rings (SSSR count). The second-order valence-corrected chi connectivity index (χ2v) is 6.08. The van der Waals surface area contributed by atoms with Gasteiger partial charge in [0.1, 0.15) is 6.04 Å². The molecule has 3 unspecified atom stereocenters. The van der Waals surface area contributed by atoms with E-state index < -0.39 is 0 Å². The van der Waals surface area contributed by atoms with Gasteiger partial charge in [-0.1, -0.05) is 13.8 Å². The number of rotatable bonds is 4. The van der Waals surface area contributed by atoms with Gasteiger partial charge in [-0.15, -0.1) is 12.4 Å². The highest BCUT2D eigenvalue weighted by Crippen LogP contribution is 2.20.